The number of hydrogen-bond donors (Lipinski definition) is 0. The minimum atomic E-state index is -2.35. The number of hydrogen-bond acceptors (Lipinski definition) is 6. The number of carbonyl (C=O) groups excluding carboxylic acids is 1. The molecule has 6 nitrogen and oxygen atoms in total. The Kier molecular flexibility index (Phi) is 23.8. The Labute approximate surface area is 361 Å². The molecule has 6 atom stereocenters. The van der Waals surface area contributed by atoms with Crippen molar-refractivity contribution in [2.45, 2.75) is 275 Å². The fourth-order valence-corrected chi connectivity index (χ4v) is 37.9. The van der Waals surface area contributed by atoms with E-state index in [1.165, 1.54) is 56.3 Å². The molecule has 0 unspecified atom stereocenters. The fourth-order valence-electron chi connectivity index (χ4n) is 11.8. The third kappa shape index (κ3) is 14.1. The summed E-state index contributed by atoms with van der Waals surface area (Å²) < 4.78 is 41.7. The van der Waals surface area contributed by atoms with Gasteiger partial charge in [-0.15, -0.1) is 0 Å². The molecule has 0 N–H and O–H groups in total. The van der Waals surface area contributed by atoms with Gasteiger partial charge >= 0.3 is 251 Å². The number of rotatable bonds is 29. The van der Waals surface area contributed by atoms with Gasteiger partial charge in [0.15, 0.2) is 8.32 Å². The molecule has 2 heterocycles. The predicted octanol–water partition coefficient (Wildman–Crippen LogP) is 15.0. The topological polar surface area (TPSA) is 63.2 Å². The molecule has 0 amide bonds. The van der Waals surface area contributed by atoms with E-state index in [1.807, 2.05) is 6.26 Å². The van der Waals surface area contributed by atoms with Crippen LogP contribution in [-0.4, -0.2) is 84.0 Å². The number of allylic oxidation sites excluding steroid dienone is 1. The van der Waals surface area contributed by atoms with Crippen LogP contribution in [0.4, 0.5) is 0 Å². The summed E-state index contributed by atoms with van der Waals surface area (Å²) in [7, 11) is -4.17. The van der Waals surface area contributed by atoms with Crippen LogP contribution in [0.2, 0.25) is 51.0 Å². The average Bonchev–Trinajstić information content (AvgIpc) is 3.14. The van der Waals surface area contributed by atoms with Gasteiger partial charge in [-0.1, -0.05) is 83.1 Å². The van der Waals surface area contributed by atoms with E-state index in [0.717, 1.165) is 38.6 Å². The van der Waals surface area contributed by atoms with E-state index in [9.17, 15) is 4.79 Å². The molecular weight excluding hydrogens is 847 g/mol. The first kappa shape index (κ1) is 53.4. The normalized spacial score (nSPS) is 25.2. The monoisotopic (exact) mass is 945 g/mol. The summed E-state index contributed by atoms with van der Waals surface area (Å²) in [4.78, 5) is 11.9. The van der Waals surface area contributed by atoms with Gasteiger partial charge in [0.25, 0.3) is 0 Å². The second-order valence-corrected chi connectivity index (χ2v) is 45.5. The Balaban J connectivity index is 2.46. The predicted molar refractivity (Wildman–Crippen MR) is 252 cm³/mol. The summed E-state index contributed by atoms with van der Waals surface area (Å²) >= 11 is -2.35. The maximum atomic E-state index is 11.9. The first-order chi connectivity index (χ1) is 26.9. The van der Waals surface area contributed by atoms with Crippen LogP contribution in [0, 0.1) is 0 Å². The second-order valence-electron chi connectivity index (χ2n) is 20.7. The molecule has 57 heavy (non-hydrogen) atoms. The van der Waals surface area contributed by atoms with Gasteiger partial charge in [-0.2, -0.15) is 0 Å². The van der Waals surface area contributed by atoms with Crippen LogP contribution in [0.15, 0.2) is 12.3 Å². The van der Waals surface area contributed by atoms with Crippen LogP contribution < -0.4 is 0 Å². The van der Waals surface area contributed by atoms with Crippen LogP contribution in [0.3, 0.4) is 0 Å². The van der Waals surface area contributed by atoms with Gasteiger partial charge in [-0.25, -0.2) is 0 Å². The molecule has 2 fully saturated rings. The first-order valence-corrected chi connectivity index (χ1v) is 36.6. The van der Waals surface area contributed by atoms with Crippen LogP contribution in [-0.2, 0) is 27.9 Å². The molecule has 0 aromatic carbocycles. The van der Waals surface area contributed by atoms with E-state index >= 15 is 0 Å². The van der Waals surface area contributed by atoms with Crippen molar-refractivity contribution >= 4 is 41.3 Å². The molecule has 2 rings (SSSR count). The third-order valence-electron chi connectivity index (χ3n) is 14.8. The Hall–Kier alpha value is 0.282. The van der Waals surface area contributed by atoms with E-state index < -0.39 is 40.6 Å². The van der Waals surface area contributed by atoms with Crippen LogP contribution in [0.5, 0.6) is 0 Å². The number of carbonyl (C=O) groups is 1. The molecule has 0 aromatic rings. The molecule has 2 aliphatic heterocycles. The maximum absolute atomic E-state index is 11.9. The standard InChI is InChI=1S/C36H69O6Si2.3C4H9.Sn/c1-15-21-38-34-24-32-35(41-36(34,14)19-17-20-37)33(42-44(28(8)9,29(10)11)30(12)13)23-31(40-32)18-16-22-39-43(25(2)3,26(4)5)27(6)7;3*1-3-4-2;/h15,20-21,25-35H,1,16-19,22-24H2,2-14H3;3*1,3-4H2,2H3;/b21-15-;;;;/t31-,32-,33+,34+,35-,36-;;;;/m1..../s1. The molecule has 336 valence electrons. The number of fused-ring (bicyclic) bond motifs is 1. The number of unbranched alkanes of at least 4 members (excludes halogenated alkanes) is 3. The van der Waals surface area contributed by atoms with E-state index in [-0.39, 0.29) is 30.5 Å². The zero-order valence-electron chi connectivity index (χ0n) is 40.6. The Morgan fingerprint density at radius 3 is 1.70 bits per heavy atom. The molecule has 0 radical (unpaired) electrons. The SMILES string of the molecule is CCC[CH2][Sn]([CH2]/C=C\O[C@H]1C[C@H]2O[C@H](CCCO[Si](C(C)C)(C(C)C)C(C)C)C[C@H](O[Si](C(C)C)(C(C)C)C(C)C)[C@@H]2O[C@]1(C)CCC=O)([CH2]CCC)[CH2]CCC. The molecule has 9 heteroatoms. The summed E-state index contributed by atoms with van der Waals surface area (Å²) in [6, 6.07) is 0. The van der Waals surface area contributed by atoms with Crippen LogP contribution in [0.1, 0.15) is 188 Å². The second kappa shape index (κ2) is 25.4. The van der Waals surface area contributed by atoms with Gasteiger partial charge in [-0.05, 0) is 16.6 Å². The number of ether oxygens (including phenoxy) is 3. The van der Waals surface area contributed by atoms with Gasteiger partial charge in [0.05, 0.1) is 0 Å². The van der Waals surface area contributed by atoms with Crippen molar-refractivity contribution in [2.75, 3.05) is 6.61 Å². The van der Waals surface area contributed by atoms with Gasteiger partial charge in [0.2, 0.25) is 0 Å². The van der Waals surface area contributed by atoms with Crippen molar-refractivity contribution in [1.82, 2.24) is 0 Å². The number of aldehydes is 1. The Morgan fingerprint density at radius 2 is 1.25 bits per heavy atom. The van der Waals surface area contributed by atoms with E-state index in [0.29, 0.717) is 46.1 Å². The van der Waals surface area contributed by atoms with E-state index in [2.05, 4.69) is 117 Å². The van der Waals surface area contributed by atoms with Crippen molar-refractivity contribution < 1.29 is 27.9 Å². The summed E-state index contributed by atoms with van der Waals surface area (Å²) in [5, 5.41) is 0. The van der Waals surface area contributed by atoms with Crippen LogP contribution in [0.25, 0.3) is 0 Å². The molecule has 0 aliphatic carbocycles. The average molecular weight is 944 g/mol. The van der Waals surface area contributed by atoms with Crippen molar-refractivity contribution in [1.29, 1.82) is 0 Å². The Bertz CT molecular complexity index is 1080. The molecular formula is C48H96O6Si2Sn. The fraction of sp³-hybridized carbons (Fsp3) is 0.938. The van der Waals surface area contributed by atoms with Gasteiger partial charge in [0.1, 0.15) is 0 Å². The third-order valence-corrected chi connectivity index (χ3v) is 42.2. The van der Waals surface area contributed by atoms with Crippen molar-refractivity contribution in [3.8, 4) is 0 Å². The molecule has 0 saturated carbocycles. The summed E-state index contributed by atoms with van der Waals surface area (Å²) in [6.07, 6.45) is 17.6. The van der Waals surface area contributed by atoms with Gasteiger partial charge in [-0.3, -0.25) is 0 Å². The molecule has 0 bridgehead atoms. The van der Waals surface area contributed by atoms with E-state index in [4.69, 9.17) is 23.1 Å². The first-order valence-electron chi connectivity index (χ1n) is 24.2. The molecule has 2 saturated heterocycles. The summed E-state index contributed by atoms with van der Waals surface area (Å²) in [5.41, 5.74) is 2.54. The molecule has 0 spiro atoms. The van der Waals surface area contributed by atoms with Crippen molar-refractivity contribution in [2.24, 2.45) is 0 Å². The van der Waals surface area contributed by atoms with Gasteiger partial charge < -0.3 is 4.43 Å². The summed E-state index contributed by atoms with van der Waals surface area (Å²) in [5.74, 6) is 0. The quantitative estimate of drug-likeness (QED) is 0.0322. The molecule has 2 aliphatic rings. The zero-order valence-corrected chi connectivity index (χ0v) is 45.4. The van der Waals surface area contributed by atoms with Crippen molar-refractivity contribution in [3.05, 3.63) is 12.3 Å². The van der Waals surface area contributed by atoms with Crippen LogP contribution >= 0.6 is 0 Å². The minimum absolute atomic E-state index is 0.0542. The van der Waals surface area contributed by atoms with E-state index in [1.54, 1.807) is 0 Å². The Morgan fingerprint density at radius 1 is 0.737 bits per heavy atom. The molecule has 0 aromatic heterocycles. The zero-order chi connectivity index (χ0) is 43.0. The van der Waals surface area contributed by atoms with Gasteiger partial charge in [0, 0.05) is 0 Å². The van der Waals surface area contributed by atoms with Crippen molar-refractivity contribution in [3.63, 3.8) is 0 Å². The summed E-state index contributed by atoms with van der Waals surface area (Å²) in [6.45, 7) is 38.5.